The van der Waals surface area contributed by atoms with Crippen LogP contribution in [0, 0.1) is 6.92 Å². The second kappa shape index (κ2) is 6.84. The number of amides is 1. The lowest BCUT2D eigenvalue weighted by Crippen LogP contribution is -2.24. The summed E-state index contributed by atoms with van der Waals surface area (Å²) in [6.45, 7) is 5.88. The zero-order valence-electron chi connectivity index (χ0n) is 14.3. The molecule has 0 spiro atoms. The maximum Gasteiger partial charge on any atom is 0.337 e. The van der Waals surface area contributed by atoms with Crippen molar-refractivity contribution >= 4 is 16.9 Å². The molecule has 0 radical (unpaired) electrons. The minimum absolute atomic E-state index is 0.00703. The summed E-state index contributed by atoms with van der Waals surface area (Å²) in [5.41, 5.74) is -0.0246. The highest BCUT2D eigenvalue weighted by molar-refractivity contribution is 6.05. The molecular formula is C19H19NO5. The third kappa shape index (κ3) is 3.91. The SMILES string of the molecule is Cc1ccc(CNC(=O)c2cc(=O)oc3cc(OC(C)C)ccc23)o1. The average Bonchev–Trinajstić information content (AvgIpc) is 2.96. The molecule has 1 amide bonds. The second-order valence-corrected chi connectivity index (χ2v) is 6.00. The lowest BCUT2D eigenvalue weighted by molar-refractivity contribution is 0.0949. The van der Waals surface area contributed by atoms with Crippen molar-refractivity contribution in [2.24, 2.45) is 0 Å². The van der Waals surface area contributed by atoms with Gasteiger partial charge in [-0.15, -0.1) is 0 Å². The number of aryl methyl sites for hydroxylation is 1. The van der Waals surface area contributed by atoms with Crippen molar-refractivity contribution in [1.29, 1.82) is 0 Å². The molecule has 0 aliphatic heterocycles. The molecule has 130 valence electrons. The van der Waals surface area contributed by atoms with Crippen LogP contribution in [0.25, 0.3) is 11.0 Å². The van der Waals surface area contributed by atoms with Crippen LogP contribution < -0.4 is 15.7 Å². The minimum Gasteiger partial charge on any atom is -0.491 e. The summed E-state index contributed by atoms with van der Waals surface area (Å²) in [6.07, 6.45) is -0.00703. The predicted octanol–water partition coefficient (Wildman–Crippen LogP) is 3.41. The van der Waals surface area contributed by atoms with Gasteiger partial charge >= 0.3 is 5.63 Å². The fourth-order valence-electron chi connectivity index (χ4n) is 2.52. The number of benzene rings is 1. The highest BCUT2D eigenvalue weighted by atomic mass is 16.5. The maximum absolute atomic E-state index is 12.5. The summed E-state index contributed by atoms with van der Waals surface area (Å²) in [7, 11) is 0. The molecule has 0 saturated carbocycles. The van der Waals surface area contributed by atoms with Crippen LogP contribution >= 0.6 is 0 Å². The van der Waals surface area contributed by atoms with Crippen molar-refractivity contribution in [3.63, 3.8) is 0 Å². The Kier molecular flexibility index (Phi) is 4.61. The van der Waals surface area contributed by atoms with Crippen molar-refractivity contribution in [3.8, 4) is 5.75 Å². The molecule has 0 aliphatic rings. The van der Waals surface area contributed by atoms with Crippen LogP contribution in [0.2, 0.25) is 0 Å². The Balaban J connectivity index is 1.89. The Labute approximate surface area is 144 Å². The van der Waals surface area contributed by atoms with E-state index in [-0.39, 0.29) is 24.1 Å². The molecule has 0 unspecified atom stereocenters. The monoisotopic (exact) mass is 341 g/mol. The van der Waals surface area contributed by atoms with Gasteiger partial charge in [-0.2, -0.15) is 0 Å². The molecule has 0 aliphatic carbocycles. The standard InChI is InChI=1S/C19H19NO5/c1-11(2)23-13-6-7-15-16(9-18(21)25-17(15)8-13)19(22)20-10-14-5-4-12(3)24-14/h4-9,11H,10H2,1-3H3,(H,20,22). The summed E-state index contributed by atoms with van der Waals surface area (Å²) < 4.78 is 16.2. The average molecular weight is 341 g/mol. The number of fused-ring (bicyclic) bond motifs is 1. The van der Waals surface area contributed by atoms with Crippen LogP contribution in [0.5, 0.6) is 5.75 Å². The molecular weight excluding hydrogens is 322 g/mol. The summed E-state index contributed by atoms with van der Waals surface area (Å²) in [5, 5.41) is 3.30. The first-order valence-corrected chi connectivity index (χ1v) is 8.00. The minimum atomic E-state index is -0.590. The van der Waals surface area contributed by atoms with E-state index in [2.05, 4.69) is 5.32 Å². The van der Waals surface area contributed by atoms with Crippen molar-refractivity contribution in [1.82, 2.24) is 5.32 Å². The summed E-state index contributed by atoms with van der Waals surface area (Å²) in [6, 6.07) is 9.88. The quantitative estimate of drug-likeness (QED) is 0.719. The number of carbonyl (C=O) groups is 1. The Morgan fingerprint density at radius 1 is 1.16 bits per heavy atom. The Bertz CT molecular complexity index is 967. The lowest BCUT2D eigenvalue weighted by Gasteiger charge is -2.11. The first-order chi connectivity index (χ1) is 11.9. The van der Waals surface area contributed by atoms with Crippen molar-refractivity contribution < 1.29 is 18.4 Å². The molecule has 2 aromatic heterocycles. The Morgan fingerprint density at radius 3 is 2.64 bits per heavy atom. The summed E-state index contributed by atoms with van der Waals surface area (Å²) in [5.74, 6) is 1.62. The van der Waals surface area contributed by atoms with Gasteiger partial charge in [0.2, 0.25) is 0 Å². The number of carbonyl (C=O) groups excluding carboxylic acids is 1. The largest absolute Gasteiger partial charge is 0.491 e. The molecule has 3 rings (SSSR count). The number of hydrogen-bond donors (Lipinski definition) is 1. The molecule has 6 heteroatoms. The molecule has 0 bridgehead atoms. The van der Waals surface area contributed by atoms with Crippen LogP contribution in [0.15, 0.2) is 50.0 Å². The number of hydrogen-bond acceptors (Lipinski definition) is 5. The van der Waals surface area contributed by atoms with Gasteiger partial charge in [-0.3, -0.25) is 4.79 Å². The van der Waals surface area contributed by atoms with E-state index >= 15 is 0 Å². The van der Waals surface area contributed by atoms with Gasteiger partial charge in [0.25, 0.3) is 5.91 Å². The molecule has 6 nitrogen and oxygen atoms in total. The first-order valence-electron chi connectivity index (χ1n) is 8.00. The Hall–Kier alpha value is -3.02. The normalized spacial score (nSPS) is 11.0. The molecule has 1 aromatic carbocycles. The van der Waals surface area contributed by atoms with Gasteiger partial charge in [0, 0.05) is 17.5 Å². The highest BCUT2D eigenvalue weighted by Crippen LogP contribution is 2.23. The van der Waals surface area contributed by atoms with E-state index < -0.39 is 5.63 Å². The van der Waals surface area contributed by atoms with E-state index in [0.717, 1.165) is 5.76 Å². The second-order valence-electron chi connectivity index (χ2n) is 6.00. The van der Waals surface area contributed by atoms with Crippen molar-refractivity contribution in [2.75, 3.05) is 0 Å². The third-order valence-corrected chi connectivity index (χ3v) is 3.55. The summed E-state index contributed by atoms with van der Waals surface area (Å²) in [4.78, 5) is 24.3. The Morgan fingerprint density at radius 2 is 1.96 bits per heavy atom. The van der Waals surface area contributed by atoms with E-state index in [9.17, 15) is 9.59 Å². The van der Waals surface area contributed by atoms with Crippen LogP contribution in [-0.2, 0) is 6.54 Å². The maximum atomic E-state index is 12.5. The van der Waals surface area contributed by atoms with Gasteiger partial charge in [-0.1, -0.05) is 0 Å². The highest BCUT2D eigenvalue weighted by Gasteiger charge is 2.14. The molecule has 0 atom stereocenters. The topological polar surface area (TPSA) is 81.7 Å². The zero-order valence-corrected chi connectivity index (χ0v) is 14.3. The van der Waals surface area contributed by atoms with E-state index in [1.54, 1.807) is 24.3 Å². The zero-order chi connectivity index (χ0) is 18.0. The number of furan rings is 1. The fourth-order valence-corrected chi connectivity index (χ4v) is 2.52. The van der Waals surface area contributed by atoms with E-state index in [0.29, 0.717) is 22.5 Å². The van der Waals surface area contributed by atoms with Gasteiger partial charge < -0.3 is 18.9 Å². The molecule has 3 aromatic rings. The van der Waals surface area contributed by atoms with Gasteiger partial charge in [0.05, 0.1) is 18.2 Å². The third-order valence-electron chi connectivity index (χ3n) is 3.55. The fraction of sp³-hybridized carbons (Fsp3) is 0.263. The van der Waals surface area contributed by atoms with E-state index in [1.165, 1.54) is 6.07 Å². The molecule has 2 heterocycles. The first kappa shape index (κ1) is 16.8. The van der Waals surface area contributed by atoms with Crippen LogP contribution in [-0.4, -0.2) is 12.0 Å². The van der Waals surface area contributed by atoms with Crippen molar-refractivity contribution in [3.05, 3.63) is 63.9 Å². The van der Waals surface area contributed by atoms with Crippen LogP contribution in [0.3, 0.4) is 0 Å². The van der Waals surface area contributed by atoms with E-state index in [1.807, 2.05) is 26.8 Å². The summed E-state index contributed by atoms with van der Waals surface area (Å²) >= 11 is 0. The molecule has 0 saturated heterocycles. The number of nitrogens with one attached hydrogen (secondary N) is 1. The molecule has 25 heavy (non-hydrogen) atoms. The van der Waals surface area contributed by atoms with Crippen molar-refractivity contribution in [2.45, 2.75) is 33.4 Å². The van der Waals surface area contributed by atoms with Gasteiger partial charge in [0.1, 0.15) is 22.9 Å². The van der Waals surface area contributed by atoms with Gasteiger partial charge in [0.15, 0.2) is 0 Å². The van der Waals surface area contributed by atoms with E-state index in [4.69, 9.17) is 13.6 Å². The lowest BCUT2D eigenvalue weighted by atomic mass is 10.1. The number of rotatable bonds is 5. The van der Waals surface area contributed by atoms with Gasteiger partial charge in [-0.25, -0.2) is 4.79 Å². The van der Waals surface area contributed by atoms with Crippen LogP contribution in [0.4, 0.5) is 0 Å². The van der Waals surface area contributed by atoms with Crippen LogP contribution in [0.1, 0.15) is 35.7 Å². The number of ether oxygens (including phenoxy) is 1. The molecule has 1 N–H and O–H groups in total. The van der Waals surface area contributed by atoms with Gasteiger partial charge in [-0.05, 0) is 45.0 Å². The predicted molar refractivity (Wildman–Crippen MR) is 92.9 cm³/mol. The smallest absolute Gasteiger partial charge is 0.337 e. The molecule has 0 fully saturated rings.